The molecular weight excluding hydrogens is 789 g/mol. The summed E-state index contributed by atoms with van der Waals surface area (Å²) in [4.78, 5) is 78.0. The monoisotopic (exact) mass is 836 g/mol. The van der Waals surface area contributed by atoms with Crippen LogP contribution < -0.4 is 10.6 Å². The van der Waals surface area contributed by atoms with Crippen molar-refractivity contribution in [3.05, 3.63) is 109 Å². The number of carbonyl (C=O) groups is 4. The Kier molecular flexibility index (Phi) is 10.4. The molecule has 0 saturated carbocycles. The highest BCUT2D eigenvalue weighted by Crippen LogP contribution is 2.45. The Labute approximate surface area is 358 Å². The lowest BCUT2D eigenvalue weighted by molar-refractivity contribution is -0.137. The van der Waals surface area contributed by atoms with Gasteiger partial charge in [-0.1, -0.05) is 74.5 Å². The maximum Gasteiger partial charge on any atom is 0.409 e. The van der Waals surface area contributed by atoms with Crippen LogP contribution in [0, 0.1) is 5.92 Å². The minimum absolute atomic E-state index is 0.112. The molecule has 4 amide bonds. The fraction of sp³-hybridized carbons (Fsp3) is 0.326. The molecule has 16 heteroatoms. The average Bonchev–Trinajstić information content (AvgIpc) is 3.97. The van der Waals surface area contributed by atoms with Crippen molar-refractivity contribution in [1.29, 1.82) is 0 Å². The first-order valence-electron chi connectivity index (χ1n) is 20.7. The summed E-state index contributed by atoms with van der Waals surface area (Å²) in [6.45, 7) is 8.91. The number of fused-ring (bicyclic) bond motifs is 2. The molecule has 4 aliphatic rings. The van der Waals surface area contributed by atoms with Crippen LogP contribution in [0.2, 0.25) is 0 Å². The maximum atomic E-state index is 14.2. The van der Waals surface area contributed by atoms with Crippen molar-refractivity contribution >= 4 is 41.0 Å². The van der Waals surface area contributed by atoms with E-state index in [-0.39, 0.29) is 23.8 Å². The number of aromatic nitrogens is 4. The molecular formula is C46H48N10O6. The highest BCUT2D eigenvalue weighted by atomic mass is 16.5. The van der Waals surface area contributed by atoms with Gasteiger partial charge in [0, 0.05) is 37.3 Å². The molecule has 4 aliphatic heterocycles. The van der Waals surface area contributed by atoms with E-state index in [1.165, 1.54) is 14.2 Å². The van der Waals surface area contributed by atoms with Crippen LogP contribution in [0.5, 0.6) is 0 Å². The van der Waals surface area contributed by atoms with Gasteiger partial charge in [0.05, 0.1) is 50.1 Å². The smallest absolute Gasteiger partial charge is 0.409 e. The van der Waals surface area contributed by atoms with Gasteiger partial charge in [0.2, 0.25) is 11.6 Å². The predicted molar refractivity (Wildman–Crippen MR) is 232 cm³/mol. The lowest BCUT2D eigenvalue weighted by Gasteiger charge is -2.30. The van der Waals surface area contributed by atoms with Gasteiger partial charge in [0.15, 0.2) is 0 Å². The Bertz CT molecular complexity index is 2630. The fourth-order valence-corrected chi connectivity index (χ4v) is 9.01. The molecule has 3 aromatic carbocycles. The van der Waals surface area contributed by atoms with Crippen LogP contribution in [0.4, 0.5) is 9.59 Å². The number of imidazole rings is 2. The van der Waals surface area contributed by atoms with Gasteiger partial charge < -0.3 is 39.5 Å². The van der Waals surface area contributed by atoms with Crippen molar-refractivity contribution in [2.24, 2.45) is 10.9 Å². The SMILES string of the molecule is C=C1C[C@@H](c2ncc(-c3ccc(-c4ccc5cc(-c6cnc([C@@H]7CCCN7C(=O)[C@@H](NC(=O)OC)C(C)C)[nH]6)ccc5c4)cc3)[nH]2)N(C(=O)C2(NC(=O)OC)C3C=NC=CN32)C1. The number of carbonyl (C=O) groups excluding carboxylic acids is 4. The zero-order valence-corrected chi connectivity index (χ0v) is 34.9. The molecule has 318 valence electrons. The molecule has 6 heterocycles. The van der Waals surface area contributed by atoms with Crippen LogP contribution in [0.15, 0.2) is 103 Å². The number of benzene rings is 3. The summed E-state index contributed by atoms with van der Waals surface area (Å²) in [6, 6.07) is 19.2. The summed E-state index contributed by atoms with van der Waals surface area (Å²) in [5, 5.41) is 7.63. The number of amides is 4. The van der Waals surface area contributed by atoms with E-state index >= 15 is 0 Å². The second kappa shape index (κ2) is 16.0. The van der Waals surface area contributed by atoms with Crippen molar-refractivity contribution in [3.63, 3.8) is 0 Å². The first-order valence-corrected chi connectivity index (χ1v) is 20.7. The fourth-order valence-electron chi connectivity index (χ4n) is 9.01. The van der Waals surface area contributed by atoms with Gasteiger partial charge in [-0.2, -0.15) is 0 Å². The summed E-state index contributed by atoms with van der Waals surface area (Å²) in [6.07, 6.45) is 9.33. The van der Waals surface area contributed by atoms with E-state index in [0.29, 0.717) is 25.3 Å². The van der Waals surface area contributed by atoms with E-state index in [2.05, 4.69) is 80.7 Å². The maximum absolute atomic E-state index is 14.2. The molecule has 0 bridgehead atoms. The number of rotatable bonds is 10. The van der Waals surface area contributed by atoms with E-state index < -0.39 is 36.0 Å². The van der Waals surface area contributed by atoms with Crippen LogP contribution in [0.1, 0.15) is 56.8 Å². The minimum atomic E-state index is -1.33. The largest absolute Gasteiger partial charge is 0.453 e. The van der Waals surface area contributed by atoms with E-state index in [0.717, 1.165) is 68.7 Å². The van der Waals surface area contributed by atoms with Crippen LogP contribution in [-0.2, 0) is 19.1 Å². The third-order valence-electron chi connectivity index (χ3n) is 12.4. The van der Waals surface area contributed by atoms with Gasteiger partial charge in [0.1, 0.15) is 23.7 Å². The number of nitrogens with zero attached hydrogens (tertiary/aromatic N) is 6. The van der Waals surface area contributed by atoms with E-state index in [1.807, 2.05) is 37.1 Å². The molecule has 16 nitrogen and oxygen atoms in total. The van der Waals surface area contributed by atoms with Gasteiger partial charge in [0.25, 0.3) is 5.91 Å². The minimum Gasteiger partial charge on any atom is -0.453 e. The Morgan fingerprint density at radius 3 is 2.11 bits per heavy atom. The lowest BCUT2D eigenvalue weighted by Crippen LogP contribution is -2.54. The number of alkyl carbamates (subject to hydrolysis) is 2. The van der Waals surface area contributed by atoms with Gasteiger partial charge in [-0.25, -0.2) is 19.6 Å². The Hall–Kier alpha value is -7.23. The van der Waals surface area contributed by atoms with Crippen LogP contribution >= 0.6 is 0 Å². The first kappa shape index (κ1) is 40.2. The number of hydrogen-bond acceptors (Lipinski definition) is 10. The molecule has 2 aromatic heterocycles. The van der Waals surface area contributed by atoms with Crippen LogP contribution in [0.25, 0.3) is 44.4 Å². The van der Waals surface area contributed by atoms with Crippen molar-refractivity contribution in [3.8, 4) is 33.6 Å². The number of aliphatic imine (C=N–C) groups is 1. The van der Waals surface area contributed by atoms with Crippen LogP contribution in [-0.4, -0.2) is 110 Å². The Morgan fingerprint density at radius 2 is 1.45 bits per heavy atom. The summed E-state index contributed by atoms with van der Waals surface area (Å²) < 4.78 is 9.64. The average molecular weight is 837 g/mol. The molecule has 62 heavy (non-hydrogen) atoms. The molecule has 0 radical (unpaired) electrons. The third kappa shape index (κ3) is 7.14. The standard InChI is InChI=1S/C46H48N10O6/c1-26(2)39(52-44(59)61-4)42(57)54-17-6-7-36(54)40-48-23-35(51-40)33-15-14-31-20-30(12-13-32(31)21-33)28-8-10-29(11-9-28)34-22-49-41(50-34)37-19-27(3)25-55(37)43(58)46(53-45(60)62-5)38-24-47-16-18-56(38)46/h8-16,18,20-24,26,36-39H,3,6-7,17,19,25H2,1-2,4-5H3,(H,48,51)(H,49,50)(H,52,59)(H,53,60)/t36-,37-,38?,39-,46?,56?/m0/s1. The summed E-state index contributed by atoms with van der Waals surface area (Å²) >= 11 is 0. The molecule has 2 unspecified atom stereocenters. The summed E-state index contributed by atoms with van der Waals surface area (Å²) in [5.74, 6) is 0.814. The summed E-state index contributed by atoms with van der Waals surface area (Å²) in [7, 11) is 2.56. The second-order valence-electron chi connectivity index (χ2n) is 16.5. The number of H-pyrrole nitrogens is 2. The number of aromatic amines is 2. The third-order valence-corrected chi connectivity index (χ3v) is 12.4. The number of methoxy groups -OCH3 is 2. The number of hydrogen-bond donors (Lipinski definition) is 4. The highest BCUT2D eigenvalue weighted by Gasteiger charge is 2.70. The highest BCUT2D eigenvalue weighted by molar-refractivity contribution is 6.01. The van der Waals surface area contributed by atoms with E-state index in [9.17, 15) is 19.2 Å². The first-order chi connectivity index (χ1) is 30.0. The predicted octanol–water partition coefficient (Wildman–Crippen LogP) is 6.45. The summed E-state index contributed by atoms with van der Waals surface area (Å²) in [5.41, 5.74) is 5.28. The Morgan fingerprint density at radius 1 is 0.823 bits per heavy atom. The van der Waals surface area contributed by atoms with Crippen molar-refractivity contribution in [2.75, 3.05) is 27.3 Å². The van der Waals surface area contributed by atoms with Gasteiger partial charge >= 0.3 is 12.2 Å². The zero-order chi connectivity index (χ0) is 43.3. The molecule has 5 aromatic rings. The van der Waals surface area contributed by atoms with Gasteiger partial charge in [-0.3, -0.25) is 19.9 Å². The van der Waals surface area contributed by atoms with Crippen molar-refractivity contribution in [1.82, 2.24) is 45.3 Å². The number of likely N-dealkylation sites (tertiary alicyclic amines) is 2. The Balaban J connectivity index is 0.882. The molecule has 0 spiro atoms. The normalized spacial score (nSPS) is 21.9. The van der Waals surface area contributed by atoms with E-state index in [1.54, 1.807) is 34.6 Å². The number of nitrogens with one attached hydrogen (secondary N) is 4. The molecule has 3 saturated heterocycles. The number of ether oxygens (including phenoxy) is 2. The zero-order valence-electron chi connectivity index (χ0n) is 34.9. The topological polar surface area (TPSA) is 190 Å². The molecule has 9 rings (SSSR count). The molecule has 4 N–H and O–H groups in total. The van der Waals surface area contributed by atoms with E-state index in [4.69, 9.17) is 19.4 Å². The van der Waals surface area contributed by atoms with Crippen molar-refractivity contribution < 1.29 is 28.7 Å². The molecule has 3 fully saturated rings. The van der Waals surface area contributed by atoms with Crippen molar-refractivity contribution in [2.45, 2.75) is 62.9 Å². The quantitative estimate of drug-likeness (QED) is 0.0905. The molecule has 0 aliphatic carbocycles. The second-order valence-corrected chi connectivity index (χ2v) is 16.5. The lowest BCUT2D eigenvalue weighted by atomic mass is 9.98. The van der Waals surface area contributed by atoms with Gasteiger partial charge in [-0.05, 0) is 64.8 Å². The van der Waals surface area contributed by atoms with Gasteiger partial charge in [-0.15, -0.1) is 0 Å². The molecule has 5 atom stereocenters. The van der Waals surface area contributed by atoms with Crippen LogP contribution in [0.3, 0.4) is 0 Å².